The lowest BCUT2D eigenvalue weighted by Gasteiger charge is -2.14. The SMILES string of the molecule is CCOC(=O)c1ccc(NC(=O)[C@H](CC)Sc2nncn3c2cc2sccc23)cc1. The summed E-state index contributed by atoms with van der Waals surface area (Å²) < 4.78 is 8.14. The van der Waals surface area contributed by atoms with Crippen molar-refractivity contribution in [1.82, 2.24) is 14.6 Å². The maximum Gasteiger partial charge on any atom is 0.338 e. The first-order valence-electron chi connectivity index (χ1n) is 9.55. The zero-order valence-electron chi connectivity index (χ0n) is 16.5. The average Bonchev–Trinajstić information content (AvgIpc) is 3.34. The lowest BCUT2D eigenvalue weighted by molar-refractivity contribution is -0.115. The lowest BCUT2D eigenvalue weighted by atomic mass is 10.2. The molecule has 0 unspecified atom stereocenters. The summed E-state index contributed by atoms with van der Waals surface area (Å²) in [7, 11) is 0. The molecule has 9 heteroatoms. The fourth-order valence-electron chi connectivity index (χ4n) is 3.08. The number of rotatable bonds is 7. The van der Waals surface area contributed by atoms with E-state index in [0.29, 0.717) is 24.3 Å². The Hall–Kier alpha value is -2.91. The highest BCUT2D eigenvalue weighted by molar-refractivity contribution is 8.00. The Morgan fingerprint density at radius 1 is 1.20 bits per heavy atom. The van der Waals surface area contributed by atoms with Crippen molar-refractivity contribution in [3.05, 3.63) is 53.7 Å². The van der Waals surface area contributed by atoms with Gasteiger partial charge in [-0.15, -0.1) is 21.5 Å². The van der Waals surface area contributed by atoms with Gasteiger partial charge in [0.1, 0.15) is 11.4 Å². The fourth-order valence-corrected chi connectivity index (χ4v) is 4.87. The predicted molar refractivity (Wildman–Crippen MR) is 119 cm³/mol. The predicted octanol–water partition coefficient (Wildman–Crippen LogP) is 4.63. The monoisotopic (exact) mass is 440 g/mol. The van der Waals surface area contributed by atoms with E-state index in [0.717, 1.165) is 20.8 Å². The summed E-state index contributed by atoms with van der Waals surface area (Å²) in [4.78, 5) is 24.6. The molecule has 3 heterocycles. The second-order valence-electron chi connectivity index (χ2n) is 6.51. The molecular weight excluding hydrogens is 420 g/mol. The summed E-state index contributed by atoms with van der Waals surface area (Å²) in [6, 6.07) is 10.8. The number of carbonyl (C=O) groups is 2. The van der Waals surface area contributed by atoms with Crippen LogP contribution in [0.3, 0.4) is 0 Å². The number of carbonyl (C=O) groups excluding carboxylic acids is 2. The molecule has 4 rings (SSSR count). The highest BCUT2D eigenvalue weighted by atomic mass is 32.2. The zero-order chi connectivity index (χ0) is 21.1. The van der Waals surface area contributed by atoms with Gasteiger partial charge in [0.25, 0.3) is 0 Å². The highest BCUT2D eigenvalue weighted by Crippen LogP contribution is 2.32. The van der Waals surface area contributed by atoms with E-state index in [4.69, 9.17) is 4.74 Å². The molecule has 0 fully saturated rings. The van der Waals surface area contributed by atoms with Crippen LogP contribution in [0.15, 0.2) is 53.1 Å². The largest absolute Gasteiger partial charge is 0.462 e. The van der Waals surface area contributed by atoms with Crippen molar-refractivity contribution in [2.24, 2.45) is 0 Å². The summed E-state index contributed by atoms with van der Waals surface area (Å²) in [6.07, 6.45) is 2.33. The van der Waals surface area contributed by atoms with Gasteiger partial charge in [0, 0.05) is 5.69 Å². The molecule has 0 bridgehead atoms. The van der Waals surface area contributed by atoms with E-state index in [2.05, 4.69) is 21.6 Å². The van der Waals surface area contributed by atoms with E-state index in [1.807, 2.05) is 22.8 Å². The molecule has 1 aromatic carbocycles. The molecule has 154 valence electrons. The number of esters is 1. The van der Waals surface area contributed by atoms with Crippen molar-refractivity contribution in [3.8, 4) is 0 Å². The van der Waals surface area contributed by atoms with Gasteiger partial charge in [-0.05, 0) is 55.1 Å². The molecule has 1 amide bonds. The van der Waals surface area contributed by atoms with Crippen LogP contribution < -0.4 is 5.32 Å². The van der Waals surface area contributed by atoms with Gasteiger partial charge in [0.05, 0.1) is 33.2 Å². The Balaban J connectivity index is 1.49. The van der Waals surface area contributed by atoms with Crippen LogP contribution in [0.1, 0.15) is 30.6 Å². The van der Waals surface area contributed by atoms with E-state index in [9.17, 15) is 9.59 Å². The number of amides is 1. The minimum atomic E-state index is -0.379. The Morgan fingerprint density at radius 2 is 2.00 bits per heavy atom. The van der Waals surface area contributed by atoms with Gasteiger partial charge in [0.15, 0.2) is 0 Å². The van der Waals surface area contributed by atoms with Crippen LogP contribution >= 0.6 is 23.1 Å². The number of nitrogens with one attached hydrogen (secondary N) is 1. The third-order valence-corrected chi connectivity index (χ3v) is 6.77. The maximum absolute atomic E-state index is 12.9. The molecular formula is C21H20N4O3S2. The second-order valence-corrected chi connectivity index (χ2v) is 8.65. The van der Waals surface area contributed by atoms with Gasteiger partial charge < -0.3 is 10.1 Å². The Kier molecular flexibility index (Phi) is 6.01. The van der Waals surface area contributed by atoms with Crippen molar-refractivity contribution in [3.63, 3.8) is 0 Å². The third-order valence-electron chi connectivity index (χ3n) is 4.58. The summed E-state index contributed by atoms with van der Waals surface area (Å²) in [5.41, 5.74) is 3.11. The van der Waals surface area contributed by atoms with Crippen LogP contribution in [0.25, 0.3) is 15.7 Å². The molecule has 0 aliphatic rings. The van der Waals surface area contributed by atoms with Crippen LogP contribution in [0, 0.1) is 0 Å². The highest BCUT2D eigenvalue weighted by Gasteiger charge is 2.21. The molecule has 30 heavy (non-hydrogen) atoms. The standard InChI is InChI=1S/C21H20N4O3S2/c1-3-17(19(26)23-14-7-5-13(6-8-14)21(27)28-4-2)30-20-16-11-18-15(9-10-29-18)25(16)12-22-24-20/h5-12,17H,3-4H2,1-2H3,(H,23,26)/t17-/m0/s1. The van der Waals surface area contributed by atoms with Crippen molar-refractivity contribution in [2.75, 3.05) is 11.9 Å². The van der Waals surface area contributed by atoms with E-state index in [1.165, 1.54) is 11.8 Å². The zero-order valence-corrected chi connectivity index (χ0v) is 18.1. The molecule has 0 aliphatic heterocycles. The van der Waals surface area contributed by atoms with Crippen LogP contribution in [0.4, 0.5) is 5.69 Å². The van der Waals surface area contributed by atoms with E-state index < -0.39 is 0 Å². The van der Waals surface area contributed by atoms with E-state index >= 15 is 0 Å². The average molecular weight is 441 g/mol. The van der Waals surface area contributed by atoms with Crippen LogP contribution in [0.2, 0.25) is 0 Å². The molecule has 0 radical (unpaired) electrons. The van der Waals surface area contributed by atoms with Crippen molar-refractivity contribution >= 4 is 56.4 Å². The topological polar surface area (TPSA) is 85.6 Å². The van der Waals surface area contributed by atoms with Crippen LogP contribution in [0.5, 0.6) is 0 Å². The number of benzene rings is 1. The minimum absolute atomic E-state index is 0.122. The minimum Gasteiger partial charge on any atom is -0.462 e. The number of hydrogen-bond acceptors (Lipinski definition) is 7. The summed E-state index contributed by atoms with van der Waals surface area (Å²) in [5.74, 6) is -0.500. The van der Waals surface area contributed by atoms with Crippen molar-refractivity contribution < 1.29 is 14.3 Å². The molecule has 0 spiro atoms. The van der Waals surface area contributed by atoms with Gasteiger partial charge in [-0.25, -0.2) is 4.79 Å². The van der Waals surface area contributed by atoms with Crippen LogP contribution in [-0.4, -0.2) is 38.3 Å². The van der Waals surface area contributed by atoms with Gasteiger partial charge in [-0.2, -0.15) is 0 Å². The first-order valence-corrected chi connectivity index (χ1v) is 11.3. The van der Waals surface area contributed by atoms with Gasteiger partial charge in [-0.1, -0.05) is 18.7 Å². The van der Waals surface area contributed by atoms with Gasteiger partial charge >= 0.3 is 5.97 Å². The Bertz CT molecular complexity index is 1200. The fraction of sp³-hybridized carbons (Fsp3) is 0.238. The molecule has 1 atom stereocenters. The number of fused-ring (bicyclic) bond motifs is 3. The maximum atomic E-state index is 12.9. The number of thiophene rings is 1. The summed E-state index contributed by atoms with van der Waals surface area (Å²) in [5, 5.41) is 13.7. The number of ether oxygens (including phenoxy) is 1. The molecule has 3 aromatic heterocycles. The first-order chi connectivity index (χ1) is 14.6. The Morgan fingerprint density at radius 3 is 2.73 bits per heavy atom. The van der Waals surface area contributed by atoms with Gasteiger partial charge in [-0.3, -0.25) is 9.20 Å². The summed E-state index contributed by atoms with van der Waals surface area (Å²) in [6.45, 7) is 4.05. The number of aromatic nitrogens is 3. The third kappa shape index (κ3) is 4.03. The molecule has 0 aliphatic carbocycles. The van der Waals surface area contributed by atoms with Crippen LogP contribution in [-0.2, 0) is 9.53 Å². The number of thioether (sulfide) groups is 1. The molecule has 1 N–H and O–H groups in total. The number of hydrogen-bond donors (Lipinski definition) is 1. The Labute approximate surface area is 181 Å². The van der Waals surface area contributed by atoms with Gasteiger partial charge in [0.2, 0.25) is 5.91 Å². The van der Waals surface area contributed by atoms with Crippen molar-refractivity contribution in [1.29, 1.82) is 0 Å². The normalized spacial score (nSPS) is 12.2. The lowest BCUT2D eigenvalue weighted by Crippen LogP contribution is -2.24. The van der Waals surface area contributed by atoms with E-state index in [1.54, 1.807) is 48.9 Å². The molecule has 0 saturated heterocycles. The van der Waals surface area contributed by atoms with Crippen molar-refractivity contribution in [2.45, 2.75) is 30.5 Å². The smallest absolute Gasteiger partial charge is 0.338 e. The first kappa shape index (κ1) is 20.4. The molecule has 0 saturated carbocycles. The van der Waals surface area contributed by atoms with E-state index in [-0.39, 0.29) is 17.1 Å². The quantitative estimate of drug-likeness (QED) is 0.333. The number of nitrogens with zero attached hydrogens (tertiary/aromatic N) is 3. The molecule has 4 aromatic rings. The molecule has 7 nitrogen and oxygen atoms in total. The summed E-state index contributed by atoms with van der Waals surface area (Å²) >= 11 is 3.07. The number of anilines is 1. The second kappa shape index (κ2) is 8.85.